The number of alkyl halides is 1. The van der Waals surface area contributed by atoms with Crippen LogP contribution in [0.15, 0.2) is 416 Å². The number of nitrogens with zero attached hydrogens (tertiary/aromatic N) is 10. The van der Waals surface area contributed by atoms with Gasteiger partial charge in [-0.3, -0.25) is 15.0 Å². The van der Waals surface area contributed by atoms with Gasteiger partial charge < -0.3 is 27.3 Å². The molecule has 3 radical (unpaired) electrons. The van der Waals surface area contributed by atoms with Crippen molar-refractivity contribution in [2.75, 3.05) is 25.1 Å². The Labute approximate surface area is 907 Å². The van der Waals surface area contributed by atoms with Gasteiger partial charge in [0.15, 0.2) is 11.5 Å². The van der Waals surface area contributed by atoms with E-state index in [1.54, 1.807) is 62.3 Å². The number of hydrogen-bond donors (Lipinski definition) is 4. The quantitative estimate of drug-likeness (QED) is 0.0198. The van der Waals surface area contributed by atoms with Gasteiger partial charge in [-0.1, -0.05) is 319 Å². The molecule has 10 aromatic carbocycles. The topological polar surface area (TPSA) is 234 Å². The number of H-pyrrole nitrogens is 1. The third-order valence-corrected chi connectivity index (χ3v) is 29.0. The molecule has 1 aliphatic heterocycles. The minimum Gasteiger partial charge on any atom is -1.00 e. The largest absolute Gasteiger partial charge is 1.00 e. The Bertz CT molecular complexity index is 5760. The standard InChI is InChI=1S/2C18H15P.C17H13ClN6.C12H12N2.C12H8N2.C7H4BrN.C5H4BrN.C5H4N.C4H8O.C3H7I.C2H6O.6CH3.Al.3ClH.Li.Pd.2Sn.H/c2*1-4-10-16(11-5-1)19(17-12-6-2-7-13-17)18-14-8-3-9-15-18;18-17-23-15(14-16(24-17)22-10-21-14)20-9-11-4-6-12(7-5-11)13-3-1-2-8-19-13;2*13-9-10-4-6-11(7-5-10)12-3-1-2-8-14-12;8-7-3-1-6(5-9)2-4-7;6-5-3-1-2-4-7-5;1-2-4-6-5-3-1;1-2-4-5-3-1;1-3(2)4;1-2-3;;;;;;;;;;;;;;;/h2*1-15H;1-8,10H,9H2,(H2,20,21,22,23,24);1-8H,9,13H2;1-8H;1-4H;1-4H;1-4H;1-4H2;3H,1-2H3;3H,2H2,1H3;6*1H3;;3*1H;;;;;/q;;;;;;;;;;;;;;;;;;;;;+1;+2;;+1;-1/p-3. The van der Waals surface area contributed by atoms with Crippen LogP contribution in [-0.4, -0.2) is 127 Å². The third kappa shape index (κ3) is 51.8. The van der Waals surface area contributed by atoms with Crippen LogP contribution in [0.1, 0.15) is 57.3 Å². The minimum absolute atomic E-state index is 0. The van der Waals surface area contributed by atoms with Gasteiger partial charge in [-0.05, 0) is 191 Å². The average Bonchev–Trinajstić information content (AvgIpc) is 1.67. The predicted octanol–water partition coefficient (Wildman–Crippen LogP) is 24.0. The molecule has 17 aromatic rings. The summed E-state index contributed by atoms with van der Waals surface area (Å²) < 4.78 is 8.99. The van der Waals surface area contributed by atoms with Crippen molar-refractivity contribution in [1.82, 2.24) is 44.9 Å². The molecule has 5 N–H and O–H groups in total. The number of hydrogen-bond acceptors (Lipinski definition) is 14. The molecule has 1 fully saturated rings. The molecule has 15 nitrogen and oxygen atoms in total. The molecular weight excluding hydrogens is 2390 g/mol. The SMILES string of the molecule is Brc1ccccn1.C1CCOC1.CC(C)I.CCO.Clc1nc(NCc2ccc(-c3ccccn3)cc2)c2[nH]cnc2n1.N#Cc1ccc(-c2ccccn2)cc1.N#Cc1ccc(Br)cc1.NCc1ccc(-c2ccccn2)cc1.[Al].[CH3][Sn]([CH3])([CH3])[Cl].[CH3][Sn]([CH3])([CH3])[c]1ccccn1.[Cl][Pd][Cl].[H-].[Li+].c1ccc(P(c2ccccc2)c2ccccc2)cc1.c1ccc(P(c2ccccc2)c2ccccc2)cc1. The van der Waals surface area contributed by atoms with Crippen LogP contribution in [0.2, 0.25) is 34.9 Å². The fraction of sp³-hybridized carbons (Fsp3) is 0.156. The van der Waals surface area contributed by atoms with Gasteiger partial charge in [-0.15, -0.1) is 0 Å². The molecule has 709 valence electrons. The summed E-state index contributed by atoms with van der Waals surface area (Å²) in [6, 6.07) is 129. The van der Waals surface area contributed by atoms with Crippen LogP contribution in [0, 0.1) is 22.7 Å². The first-order valence-electron chi connectivity index (χ1n) is 43.5. The number of pyridine rings is 5. The van der Waals surface area contributed by atoms with Crippen LogP contribution in [0.4, 0.5) is 5.82 Å². The molecule has 0 bridgehead atoms. The van der Waals surface area contributed by atoms with Gasteiger partial charge in [-0.25, -0.2) is 9.97 Å². The third-order valence-electron chi connectivity index (χ3n) is 17.7. The maximum absolute atomic E-state index is 8.63. The predicted molar refractivity (Wildman–Crippen MR) is 604 cm³/mol. The monoisotopic (exact) mass is 2500 g/mol. The number of imidazole rings is 1. The van der Waals surface area contributed by atoms with Crippen molar-refractivity contribution < 1.29 is 46.1 Å². The van der Waals surface area contributed by atoms with Crippen LogP contribution in [0.25, 0.3) is 44.9 Å². The summed E-state index contributed by atoms with van der Waals surface area (Å²) in [6.07, 6.45) is 13.1. The second-order valence-corrected chi connectivity index (χ2v) is 76.0. The van der Waals surface area contributed by atoms with Gasteiger partial charge in [0, 0.05) is 100 Å². The van der Waals surface area contributed by atoms with E-state index in [0.717, 1.165) is 76.6 Å². The summed E-state index contributed by atoms with van der Waals surface area (Å²) in [5, 5.41) is 36.4. The molecule has 0 spiro atoms. The number of aliphatic hydroxyl groups excluding tert-OH is 1. The van der Waals surface area contributed by atoms with Gasteiger partial charge in [0.1, 0.15) is 10.1 Å². The summed E-state index contributed by atoms with van der Waals surface area (Å²) in [4.78, 5) is 50.1. The molecule has 0 amide bonds. The first-order chi connectivity index (χ1) is 65.9. The maximum atomic E-state index is 8.63. The Morgan fingerprint density at radius 1 is 0.478 bits per heavy atom. The number of nitriles is 2. The fourth-order valence-electron chi connectivity index (χ4n) is 11.6. The van der Waals surface area contributed by atoms with Crippen LogP contribution in [0.3, 0.4) is 0 Å². The van der Waals surface area contributed by atoms with Crippen molar-refractivity contribution >= 4 is 215 Å². The van der Waals surface area contributed by atoms with Gasteiger partial charge in [0.2, 0.25) is 5.28 Å². The zero-order valence-electron chi connectivity index (χ0n) is 80.0. The first-order valence-corrected chi connectivity index (χ1v) is 75.6. The summed E-state index contributed by atoms with van der Waals surface area (Å²) in [7, 11) is 14.5. The smallest absolute Gasteiger partial charge is 1.00 e. The molecule has 0 unspecified atom stereocenters. The zero-order chi connectivity index (χ0) is 98.2. The Morgan fingerprint density at radius 3 is 1.04 bits per heavy atom. The molecule has 138 heavy (non-hydrogen) atoms. The Kier molecular flexibility index (Phi) is 65.1. The Balaban J connectivity index is 0.000000403. The van der Waals surface area contributed by atoms with Gasteiger partial charge >= 0.3 is 161 Å². The number of fused-ring (bicyclic) bond motifs is 1. The van der Waals surface area contributed by atoms with E-state index in [4.69, 9.17) is 65.7 Å². The van der Waals surface area contributed by atoms with Gasteiger partial charge in [0.25, 0.3) is 0 Å². The van der Waals surface area contributed by atoms with Crippen LogP contribution >= 0.6 is 110 Å². The van der Waals surface area contributed by atoms with E-state index < -0.39 is 51.5 Å². The second-order valence-electron chi connectivity index (χ2n) is 30.9. The van der Waals surface area contributed by atoms with Crippen molar-refractivity contribution in [1.29, 1.82) is 10.5 Å². The van der Waals surface area contributed by atoms with E-state index in [0.29, 0.717) is 35.7 Å². The minimum atomic E-state index is -1.82. The fourth-order valence-corrected chi connectivity index (χ4v) is 19.9. The number of aromatic nitrogens is 9. The van der Waals surface area contributed by atoms with Gasteiger partial charge in [-0.2, -0.15) is 20.5 Å². The molecule has 0 saturated carbocycles. The van der Waals surface area contributed by atoms with Crippen molar-refractivity contribution in [3.63, 3.8) is 0 Å². The number of aromatic amines is 1. The number of rotatable bonds is 14. The number of anilines is 1. The van der Waals surface area contributed by atoms with E-state index in [9.17, 15) is 0 Å². The van der Waals surface area contributed by atoms with E-state index in [1.165, 1.54) is 48.4 Å². The van der Waals surface area contributed by atoms with Crippen LogP contribution in [0.5, 0.6) is 0 Å². The first kappa shape index (κ1) is 123. The number of nitrogens with one attached hydrogen (secondary N) is 2. The Morgan fingerprint density at radius 2 is 0.783 bits per heavy atom. The molecule has 1 saturated heterocycles. The normalized spacial score (nSPS) is 10.5. The van der Waals surface area contributed by atoms with Crippen molar-refractivity contribution in [2.45, 2.75) is 80.3 Å². The number of nitrogens with two attached hydrogens (primary N) is 1. The molecule has 29 heteroatoms. The Hall–Kier alpha value is -7.74. The van der Waals surface area contributed by atoms with Crippen LogP contribution in [-0.2, 0) is 33.8 Å². The van der Waals surface area contributed by atoms with E-state index >= 15 is 0 Å². The number of benzene rings is 10. The summed E-state index contributed by atoms with van der Waals surface area (Å²) >= 11 is 11.1. The summed E-state index contributed by atoms with van der Waals surface area (Å²) in [6.45, 7) is 9.44. The maximum Gasteiger partial charge on any atom is 1.00 e. The molecule has 0 aliphatic carbocycles. The van der Waals surface area contributed by atoms with Crippen molar-refractivity contribution in [3.8, 4) is 45.9 Å². The molecular formula is C109H115AlBr2Cl4ILiN13O2P2PdSn2. The number of ether oxygens (including phenoxy) is 1. The van der Waals surface area contributed by atoms with Crippen molar-refractivity contribution in [2.24, 2.45) is 5.73 Å². The van der Waals surface area contributed by atoms with E-state index in [2.05, 4.69) is 373 Å². The number of aliphatic hydroxyl groups is 1. The molecule has 8 heterocycles. The van der Waals surface area contributed by atoms with E-state index in [1.807, 2.05) is 140 Å². The van der Waals surface area contributed by atoms with Gasteiger partial charge in [0.05, 0.1) is 46.7 Å². The van der Waals surface area contributed by atoms with Crippen LogP contribution < -0.4 is 65.4 Å². The molecule has 18 rings (SSSR count). The van der Waals surface area contributed by atoms with Crippen molar-refractivity contribution in [3.05, 3.63) is 444 Å². The zero-order valence-corrected chi connectivity index (χ0v) is 97.6. The summed E-state index contributed by atoms with van der Waals surface area (Å²) in [5.74, 6) is 0.635. The number of halogens is 7. The molecule has 1 aliphatic rings. The summed E-state index contributed by atoms with van der Waals surface area (Å²) in [5.41, 5.74) is 16.6. The molecule has 7 aromatic heterocycles. The van der Waals surface area contributed by atoms with E-state index in [-0.39, 0.29) is 65.5 Å². The molecule has 0 atom stereocenters. The average molecular weight is 2510 g/mol. The second kappa shape index (κ2) is 73.4.